The van der Waals surface area contributed by atoms with Crippen molar-refractivity contribution >= 4 is 27.8 Å². The summed E-state index contributed by atoms with van der Waals surface area (Å²) in [6, 6.07) is 77.4. The highest BCUT2D eigenvalue weighted by Gasteiger charge is 2.46. The minimum Gasteiger partial charge on any atom is -0.310 e. The quantitative estimate of drug-likeness (QED) is 0.162. The molecule has 11 rings (SSSR count). The zero-order valence-electron chi connectivity index (χ0n) is 35.6. The Kier molecular flexibility index (Phi) is 8.38. The third-order valence-corrected chi connectivity index (χ3v) is 13.7. The molecule has 0 saturated heterocycles. The summed E-state index contributed by atoms with van der Waals surface area (Å²) >= 11 is 0. The van der Waals surface area contributed by atoms with E-state index >= 15 is 0 Å². The minimum atomic E-state index is -0.467. The molecule has 0 aliphatic heterocycles. The first-order chi connectivity index (χ1) is 29.7. The molecule has 0 fully saturated rings. The fourth-order valence-corrected chi connectivity index (χ4v) is 10.8. The van der Waals surface area contributed by atoms with E-state index in [4.69, 9.17) is 0 Å². The zero-order valence-corrected chi connectivity index (χ0v) is 35.6. The Morgan fingerprint density at radius 1 is 0.393 bits per heavy atom. The van der Waals surface area contributed by atoms with Crippen LogP contribution in [0.3, 0.4) is 0 Å². The topological polar surface area (TPSA) is 3.24 Å². The van der Waals surface area contributed by atoms with E-state index in [0.717, 1.165) is 17.1 Å². The van der Waals surface area contributed by atoms with Gasteiger partial charge in [0.05, 0.1) is 11.1 Å². The number of hydrogen-bond donors (Lipinski definition) is 0. The molecule has 294 valence electrons. The summed E-state index contributed by atoms with van der Waals surface area (Å²) in [5, 5.41) is 2.47. The van der Waals surface area contributed by atoms with Gasteiger partial charge in [0.2, 0.25) is 0 Å². The first-order valence-electron chi connectivity index (χ1n) is 21.7. The lowest BCUT2D eigenvalue weighted by atomic mass is 9.68. The van der Waals surface area contributed by atoms with Crippen molar-refractivity contribution in [3.05, 3.63) is 245 Å². The number of nitrogens with zero attached hydrogens (tertiary/aromatic N) is 1. The van der Waals surface area contributed by atoms with Crippen LogP contribution in [0.2, 0.25) is 0 Å². The van der Waals surface area contributed by atoms with Crippen LogP contribution in [0.15, 0.2) is 206 Å². The van der Waals surface area contributed by atoms with E-state index in [0.29, 0.717) is 0 Å². The van der Waals surface area contributed by atoms with Crippen molar-refractivity contribution in [3.63, 3.8) is 0 Å². The van der Waals surface area contributed by atoms with Crippen LogP contribution in [0.4, 0.5) is 17.1 Å². The number of fused-ring (bicyclic) bond motifs is 7. The molecule has 0 radical (unpaired) electrons. The molecule has 0 aromatic heterocycles. The van der Waals surface area contributed by atoms with Gasteiger partial charge in [0.25, 0.3) is 0 Å². The second-order valence-corrected chi connectivity index (χ2v) is 18.5. The Labute approximate surface area is 360 Å². The van der Waals surface area contributed by atoms with Crippen LogP contribution >= 0.6 is 0 Å². The molecule has 9 aromatic carbocycles. The third-order valence-electron chi connectivity index (χ3n) is 13.7. The van der Waals surface area contributed by atoms with Crippen LogP contribution in [-0.4, -0.2) is 0 Å². The van der Waals surface area contributed by atoms with Gasteiger partial charge in [0.1, 0.15) is 0 Å². The minimum absolute atomic E-state index is 0.0255. The maximum atomic E-state index is 2.52. The Bertz CT molecular complexity index is 3090. The predicted molar refractivity (Wildman–Crippen MR) is 258 cm³/mol. The molecule has 0 amide bonds. The van der Waals surface area contributed by atoms with Gasteiger partial charge in [-0.2, -0.15) is 0 Å². The van der Waals surface area contributed by atoms with E-state index in [2.05, 4.69) is 246 Å². The molecule has 0 unspecified atom stereocenters. The van der Waals surface area contributed by atoms with Crippen LogP contribution in [0.5, 0.6) is 0 Å². The van der Waals surface area contributed by atoms with Crippen molar-refractivity contribution in [1.29, 1.82) is 0 Å². The standard InChI is InChI=1S/C60H49N/c1-58(2,3)41-32-34-44(35-33-41)61(45-36-37-53-50(39-45)47-25-14-17-29-52(47)60(53,42-20-8-6-9-21-42)43-22-10-7-11-23-43)55-38-31-40-19-12-13-24-46(40)57(55)49-27-18-30-54-56(49)48-26-15-16-28-51(48)59(54,4)5/h6-39H,1-5H3. The summed E-state index contributed by atoms with van der Waals surface area (Å²) in [6.07, 6.45) is 0. The monoisotopic (exact) mass is 783 g/mol. The molecule has 9 aromatic rings. The number of benzene rings is 9. The van der Waals surface area contributed by atoms with E-state index < -0.39 is 5.41 Å². The molecule has 2 aliphatic carbocycles. The van der Waals surface area contributed by atoms with E-state index in [-0.39, 0.29) is 10.8 Å². The summed E-state index contributed by atoms with van der Waals surface area (Å²) in [4.78, 5) is 2.52. The largest absolute Gasteiger partial charge is 0.310 e. The van der Waals surface area contributed by atoms with Gasteiger partial charge in [-0.15, -0.1) is 0 Å². The van der Waals surface area contributed by atoms with Crippen molar-refractivity contribution in [1.82, 2.24) is 0 Å². The second-order valence-electron chi connectivity index (χ2n) is 18.5. The summed E-state index contributed by atoms with van der Waals surface area (Å²) in [7, 11) is 0. The van der Waals surface area contributed by atoms with Gasteiger partial charge in [-0.1, -0.05) is 211 Å². The van der Waals surface area contributed by atoms with Gasteiger partial charge in [-0.05, 0) is 113 Å². The summed E-state index contributed by atoms with van der Waals surface area (Å²) in [6.45, 7) is 11.6. The van der Waals surface area contributed by atoms with E-state index in [9.17, 15) is 0 Å². The van der Waals surface area contributed by atoms with Gasteiger partial charge < -0.3 is 4.90 Å². The lowest BCUT2D eigenvalue weighted by Crippen LogP contribution is -2.28. The predicted octanol–water partition coefficient (Wildman–Crippen LogP) is 15.9. The first-order valence-corrected chi connectivity index (χ1v) is 21.7. The third kappa shape index (κ3) is 5.53. The average molecular weight is 784 g/mol. The molecule has 2 aliphatic rings. The van der Waals surface area contributed by atoms with E-state index in [1.54, 1.807) is 0 Å². The maximum absolute atomic E-state index is 2.52. The van der Waals surface area contributed by atoms with Crippen molar-refractivity contribution < 1.29 is 0 Å². The molecule has 1 nitrogen and oxygen atoms in total. The SMILES string of the molecule is CC(C)(C)c1ccc(N(c2ccc3c(c2)-c2ccccc2C3(c2ccccc2)c2ccccc2)c2ccc3ccccc3c2-c2cccc3c2-c2ccccc2C3(C)C)cc1. The Hall–Kier alpha value is -6.96. The van der Waals surface area contributed by atoms with Gasteiger partial charge in [0, 0.05) is 22.4 Å². The molecule has 0 atom stereocenters. The maximum Gasteiger partial charge on any atom is 0.0713 e. The molecular formula is C60H49N. The van der Waals surface area contributed by atoms with Crippen LogP contribution in [-0.2, 0) is 16.2 Å². The molecule has 61 heavy (non-hydrogen) atoms. The van der Waals surface area contributed by atoms with Gasteiger partial charge >= 0.3 is 0 Å². The smallest absolute Gasteiger partial charge is 0.0713 e. The molecule has 0 heterocycles. The first kappa shape index (κ1) is 37.1. The van der Waals surface area contributed by atoms with Crippen molar-refractivity contribution in [2.45, 2.75) is 50.9 Å². The highest BCUT2D eigenvalue weighted by atomic mass is 15.1. The highest BCUT2D eigenvalue weighted by molar-refractivity contribution is 6.09. The Morgan fingerprint density at radius 2 is 0.951 bits per heavy atom. The van der Waals surface area contributed by atoms with Crippen LogP contribution in [0, 0.1) is 0 Å². The number of rotatable bonds is 6. The van der Waals surface area contributed by atoms with Gasteiger partial charge in [0.15, 0.2) is 0 Å². The van der Waals surface area contributed by atoms with Crippen molar-refractivity contribution in [2.75, 3.05) is 4.90 Å². The normalized spacial score (nSPS) is 14.2. The van der Waals surface area contributed by atoms with Crippen LogP contribution in [0.25, 0.3) is 44.2 Å². The average Bonchev–Trinajstić information content (AvgIpc) is 3.72. The number of anilines is 3. The highest BCUT2D eigenvalue weighted by Crippen LogP contribution is 2.59. The Morgan fingerprint density at radius 3 is 1.66 bits per heavy atom. The second kappa shape index (κ2) is 13.8. The van der Waals surface area contributed by atoms with Gasteiger partial charge in [-0.25, -0.2) is 0 Å². The molecular weight excluding hydrogens is 735 g/mol. The molecule has 0 saturated carbocycles. The zero-order chi connectivity index (χ0) is 41.5. The lowest BCUT2D eigenvalue weighted by molar-refractivity contribution is 0.590. The lowest BCUT2D eigenvalue weighted by Gasteiger charge is -2.34. The molecule has 1 heteroatoms. The summed E-state index contributed by atoms with van der Waals surface area (Å²) in [5.41, 5.74) is 19.8. The van der Waals surface area contributed by atoms with Gasteiger partial charge in [-0.3, -0.25) is 0 Å². The molecule has 0 bridgehead atoms. The summed E-state index contributed by atoms with van der Waals surface area (Å²) < 4.78 is 0. The van der Waals surface area contributed by atoms with Crippen LogP contribution in [0.1, 0.15) is 73.6 Å². The molecule has 0 spiro atoms. The summed E-state index contributed by atoms with van der Waals surface area (Å²) in [5.74, 6) is 0. The van der Waals surface area contributed by atoms with E-state index in [1.165, 1.54) is 83.1 Å². The number of hydrogen-bond acceptors (Lipinski definition) is 1. The van der Waals surface area contributed by atoms with E-state index in [1.807, 2.05) is 0 Å². The van der Waals surface area contributed by atoms with Crippen molar-refractivity contribution in [3.8, 4) is 33.4 Å². The fraction of sp³-hybridized carbons (Fsp3) is 0.133. The Balaban J connectivity index is 1.21. The van der Waals surface area contributed by atoms with Crippen molar-refractivity contribution in [2.24, 2.45) is 0 Å². The van der Waals surface area contributed by atoms with Crippen LogP contribution < -0.4 is 4.90 Å². The fourth-order valence-electron chi connectivity index (χ4n) is 10.8. The molecule has 0 N–H and O–H groups in total.